The third-order valence-corrected chi connectivity index (χ3v) is 7.48. The average molecular weight is 452 g/mol. The molecule has 0 saturated carbocycles. The summed E-state index contributed by atoms with van der Waals surface area (Å²) >= 11 is 1.63. The molecule has 0 aliphatic carbocycles. The molecule has 0 atom stereocenters. The van der Waals surface area contributed by atoms with Crippen molar-refractivity contribution >= 4 is 38.6 Å². The van der Waals surface area contributed by atoms with Crippen molar-refractivity contribution < 1.29 is 13.2 Å². The number of anilines is 2. The number of nitrogens with zero attached hydrogens (tertiary/aromatic N) is 2. The quantitative estimate of drug-likeness (QED) is 0.444. The Bertz CT molecular complexity index is 1280. The molecule has 0 saturated heterocycles. The van der Waals surface area contributed by atoms with E-state index in [4.69, 9.17) is 0 Å². The molecule has 8 heteroatoms. The molecule has 1 amide bonds. The maximum atomic E-state index is 13.0. The van der Waals surface area contributed by atoms with E-state index in [0.717, 1.165) is 4.88 Å². The Morgan fingerprint density at radius 2 is 1.81 bits per heavy atom. The first-order valence-electron chi connectivity index (χ1n) is 9.58. The second kappa shape index (κ2) is 8.79. The number of amides is 1. The Morgan fingerprint density at radius 1 is 1.00 bits per heavy atom. The molecule has 31 heavy (non-hydrogen) atoms. The third-order valence-electron chi connectivity index (χ3n) is 4.84. The van der Waals surface area contributed by atoms with Crippen molar-refractivity contribution in [1.29, 1.82) is 0 Å². The normalized spacial score (nSPS) is 11.3. The smallest absolute Gasteiger partial charge is 0.272 e. The summed E-state index contributed by atoms with van der Waals surface area (Å²) in [6.07, 6.45) is 1.85. The summed E-state index contributed by atoms with van der Waals surface area (Å²) in [5.74, 6) is -0.299. The molecule has 2 aromatic heterocycles. The third kappa shape index (κ3) is 4.55. The molecule has 0 fully saturated rings. The summed E-state index contributed by atoms with van der Waals surface area (Å²) in [4.78, 5) is 14.1. The number of rotatable bonds is 7. The van der Waals surface area contributed by atoms with Crippen molar-refractivity contribution in [3.63, 3.8) is 0 Å². The van der Waals surface area contributed by atoms with Gasteiger partial charge in [-0.3, -0.25) is 9.10 Å². The van der Waals surface area contributed by atoms with Crippen LogP contribution in [-0.2, 0) is 16.6 Å². The Kier molecular flexibility index (Phi) is 5.92. The summed E-state index contributed by atoms with van der Waals surface area (Å²) < 4.78 is 29.2. The van der Waals surface area contributed by atoms with E-state index in [1.807, 2.05) is 40.4 Å². The van der Waals surface area contributed by atoms with Crippen LogP contribution < -0.4 is 9.62 Å². The molecule has 0 spiro atoms. The van der Waals surface area contributed by atoms with Crippen LogP contribution in [0.5, 0.6) is 0 Å². The Hall–Kier alpha value is -3.36. The second-order valence-corrected chi connectivity index (χ2v) is 9.89. The highest BCUT2D eigenvalue weighted by Crippen LogP contribution is 2.24. The van der Waals surface area contributed by atoms with E-state index < -0.39 is 10.0 Å². The molecule has 0 radical (unpaired) electrons. The Morgan fingerprint density at radius 3 is 2.55 bits per heavy atom. The summed E-state index contributed by atoms with van der Waals surface area (Å²) in [6, 6.07) is 22.7. The van der Waals surface area contributed by atoms with Gasteiger partial charge in [0.1, 0.15) is 5.69 Å². The van der Waals surface area contributed by atoms with Gasteiger partial charge >= 0.3 is 0 Å². The summed E-state index contributed by atoms with van der Waals surface area (Å²) in [5.41, 5.74) is 1.47. The molecule has 0 bridgehead atoms. The maximum absolute atomic E-state index is 13.0. The van der Waals surface area contributed by atoms with Crippen molar-refractivity contribution in [1.82, 2.24) is 4.57 Å². The summed E-state index contributed by atoms with van der Waals surface area (Å²) in [6.45, 7) is 0.601. The van der Waals surface area contributed by atoms with E-state index in [1.54, 1.807) is 53.8 Å². The fraction of sp³-hybridized carbons (Fsp3) is 0.0870. The van der Waals surface area contributed by atoms with Crippen molar-refractivity contribution in [2.75, 3.05) is 16.7 Å². The van der Waals surface area contributed by atoms with Gasteiger partial charge in [0.25, 0.3) is 15.9 Å². The zero-order chi connectivity index (χ0) is 21.8. The van der Waals surface area contributed by atoms with E-state index in [9.17, 15) is 13.2 Å². The van der Waals surface area contributed by atoms with E-state index in [2.05, 4.69) is 5.32 Å². The number of nitrogens with one attached hydrogen (secondary N) is 1. The van der Waals surface area contributed by atoms with E-state index in [0.29, 0.717) is 23.6 Å². The lowest BCUT2D eigenvalue weighted by Crippen LogP contribution is -2.26. The number of hydrogen-bond donors (Lipinski definition) is 1. The van der Waals surface area contributed by atoms with Crippen LogP contribution in [0.25, 0.3) is 0 Å². The fourth-order valence-electron chi connectivity index (χ4n) is 3.19. The van der Waals surface area contributed by atoms with Crippen LogP contribution in [-0.4, -0.2) is 25.9 Å². The molecule has 2 heterocycles. The molecule has 0 unspecified atom stereocenters. The highest BCUT2D eigenvalue weighted by molar-refractivity contribution is 7.92. The zero-order valence-corrected chi connectivity index (χ0v) is 18.4. The van der Waals surface area contributed by atoms with Gasteiger partial charge in [-0.2, -0.15) is 0 Å². The van der Waals surface area contributed by atoms with Crippen molar-refractivity contribution in [2.24, 2.45) is 0 Å². The average Bonchev–Trinajstić information content (AvgIpc) is 3.46. The second-order valence-electron chi connectivity index (χ2n) is 6.89. The first kappa shape index (κ1) is 20.9. The predicted molar refractivity (Wildman–Crippen MR) is 124 cm³/mol. The molecule has 0 aliphatic heterocycles. The van der Waals surface area contributed by atoms with Gasteiger partial charge in [-0.05, 0) is 53.9 Å². The van der Waals surface area contributed by atoms with Gasteiger partial charge < -0.3 is 9.88 Å². The minimum Gasteiger partial charge on any atom is -0.338 e. The first-order chi connectivity index (χ1) is 14.9. The van der Waals surface area contributed by atoms with Gasteiger partial charge in [0, 0.05) is 23.8 Å². The van der Waals surface area contributed by atoms with E-state index >= 15 is 0 Å². The van der Waals surface area contributed by atoms with Gasteiger partial charge in [-0.15, -0.1) is 11.3 Å². The molecule has 2 aromatic carbocycles. The minimum atomic E-state index is -3.77. The molecular weight excluding hydrogens is 430 g/mol. The molecule has 1 N–H and O–H groups in total. The molecule has 6 nitrogen and oxygen atoms in total. The molecule has 4 aromatic rings. The van der Waals surface area contributed by atoms with E-state index in [-0.39, 0.29) is 10.8 Å². The van der Waals surface area contributed by atoms with Crippen molar-refractivity contribution in [3.8, 4) is 0 Å². The van der Waals surface area contributed by atoms with Crippen molar-refractivity contribution in [3.05, 3.63) is 101 Å². The lowest BCUT2D eigenvalue weighted by atomic mass is 10.3. The maximum Gasteiger partial charge on any atom is 0.272 e. The number of para-hydroxylation sites is 1. The highest BCUT2D eigenvalue weighted by Gasteiger charge is 2.22. The van der Waals surface area contributed by atoms with Gasteiger partial charge in [0.15, 0.2) is 0 Å². The minimum absolute atomic E-state index is 0.102. The van der Waals surface area contributed by atoms with Crippen LogP contribution in [0.1, 0.15) is 15.4 Å². The van der Waals surface area contributed by atoms with Gasteiger partial charge in [0.05, 0.1) is 17.1 Å². The summed E-state index contributed by atoms with van der Waals surface area (Å²) in [7, 11) is -2.26. The van der Waals surface area contributed by atoms with Crippen LogP contribution in [0.15, 0.2) is 95.3 Å². The number of carbonyl (C=O) groups excluding carboxylic acids is 1. The topological polar surface area (TPSA) is 71.4 Å². The highest BCUT2D eigenvalue weighted by atomic mass is 32.2. The first-order valence-corrected chi connectivity index (χ1v) is 11.9. The van der Waals surface area contributed by atoms with Gasteiger partial charge in [-0.25, -0.2) is 8.42 Å². The van der Waals surface area contributed by atoms with Gasteiger partial charge in [0.2, 0.25) is 0 Å². The van der Waals surface area contributed by atoms with Crippen LogP contribution in [0.4, 0.5) is 11.4 Å². The number of aromatic nitrogens is 1. The van der Waals surface area contributed by atoms with Crippen LogP contribution in [0.3, 0.4) is 0 Å². The number of carbonyl (C=O) groups is 1. The van der Waals surface area contributed by atoms with Crippen LogP contribution in [0.2, 0.25) is 0 Å². The largest absolute Gasteiger partial charge is 0.338 e. The van der Waals surface area contributed by atoms with Crippen molar-refractivity contribution in [2.45, 2.75) is 11.4 Å². The lowest BCUT2D eigenvalue weighted by Gasteiger charge is -2.20. The van der Waals surface area contributed by atoms with Crippen LogP contribution >= 0.6 is 11.3 Å². The van der Waals surface area contributed by atoms with Crippen LogP contribution in [0, 0.1) is 0 Å². The standard InChI is InChI=1S/C23H21N3O3S2/c1-25(19-9-3-2-4-10-19)31(28,29)21-12-5-8-18(16-21)24-23(27)22-13-6-14-26(22)17-20-11-7-15-30-20/h2-16H,17H2,1H3,(H,24,27). The molecule has 158 valence electrons. The number of benzene rings is 2. The Balaban J connectivity index is 1.54. The van der Waals surface area contributed by atoms with Gasteiger partial charge in [-0.1, -0.05) is 30.3 Å². The number of sulfonamides is 1. The fourth-order valence-corrected chi connectivity index (χ4v) is 5.14. The number of hydrogen-bond acceptors (Lipinski definition) is 4. The number of thiophene rings is 1. The zero-order valence-electron chi connectivity index (χ0n) is 16.8. The monoisotopic (exact) mass is 451 g/mol. The molecular formula is C23H21N3O3S2. The lowest BCUT2D eigenvalue weighted by molar-refractivity contribution is 0.101. The summed E-state index contributed by atoms with van der Waals surface area (Å²) in [5, 5.41) is 4.81. The SMILES string of the molecule is CN(c1ccccc1)S(=O)(=O)c1cccc(NC(=O)c2cccn2Cc2cccs2)c1. The molecule has 0 aliphatic rings. The predicted octanol–water partition coefficient (Wildman–Crippen LogP) is 4.68. The molecule has 4 rings (SSSR count). The Labute approximate surface area is 185 Å². The van der Waals surface area contributed by atoms with E-state index in [1.165, 1.54) is 23.5 Å².